The van der Waals surface area contributed by atoms with Gasteiger partial charge in [0.2, 0.25) is 5.91 Å². The van der Waals surface area contributed by atoms with E-state index in [-0.39, 0.29) is 24.3 Å². The third kappa shape index (κ3) is 3.52. The molecule has 9 nitrogen and oxygen atoms in total. The Balaban J connectivity index is 1.85. The second-order valence-corrected chi connectivity index (χ2v) is 6.91. The van der Waals surface area contributed by atoms with Gasteiger partial charge >= 0.3 is 5.69 Å². The highest BCUT2D eigenvalue weighted by molar-refractivity contribution is 9.10. The van der Waals surface area contributed by atoms with Crippen molar-refractivity contribution in [3.05, 3.63) is 55.4 Å². The molecule has 0 radical (unpaired) electrons. The minimum atomic E-state index is -0.596. The van der Waals surface area contributed by atoms with Gasteiger partial charge in [0.1, 0.15) is 12.3 Å². The number of amides is 1. The first kappa shape index (κ1) is 18.9. The number of fused-ring (bicyclic) bond motifs is 1. The van der Waals surface area contributed by atoms with Crippen LogP contribution in [0, 0.1) is 0 Å². The van der Waals surface area contributed by atoms with Crippen LogP contribution in [0.25, 0.3) is 11.2 Å². The van der Waals surface area contributed by atoms with Crippen molar-refractivity contribution in [2.24, 2.45) is 14.1 Å². The van der Waals surface area contributed by atoms with E-state index in [2.05, 4.69) is 26.2 Å². The van der Waals surface area contributed by atoms with Gasteiger partial charge in [0.15, 0.2) is 11.2 Å². The Morgan fingerprint density at radius 1 is 1.30 bits per heavy atom. The summed E-state index contributed by atoms with van der Waals surface area (Å²) in [5.41, 5.74) is 0.161. The maximum atomic E-state index is 12.6. The van der Waals surface area contributed by atoms with Crippen LogP contribution in [0.2, 0.25) is 0 Å². The first-order valence-electron chi connectivity index (χ1n) is 8.03. The average Bonchev–Trinajstić information content (AvgIpc) is 3.03. The molecule has 0 aliphatic carbocycles. The highest BCUT2D eigenvalue weighted by Gasteiger charge is 2.17. The van der Waals surface area contributed by atoms with E-state index >= 15 is 0 Å². The van der Waals surface area contributed by atoms with Crippen LogP contribution in [-0.4, -0.2) is 31.7 Å². The summed E-state index contributed by atoms with van der Waals surface area (Å²) >= 11 is 3.37. The van der Waals surface area contributed by atoms with Crippen LogP contribution < -0.4 is 21.3 Å². The van der Waals surface area contributed by atoms with E-state index in [1.807, 2.05) is 12.1 Å². The van der Waals surface area contributed by atoms with E-state index in [0.717, 1.165) is 14.6 Å². The Kier molecular flexibility index (Phi) is 5.17. The molecule has 142 valence electrons. The van der Waals surface area contributed by atoms with Crippen molar-refractivity contribution in [2.75, 3.05) is 7.11 Å². The van der Waals surface area contributed by atoms with E-state index in [0.29, 0.717) is 5.75 Å². The summed E-state index contributed by atoms with van der Waals surface area (Å²) in [6.45, 7) is -0.187. The van der Waals surface area contributed by atoms with Gasteiger partial charge < -0.3 is 14.6 Å². The predicted molar refractivity (Wildman–Crippen MR) is 103 cm³/mol. The molecular weight excluding hydrogens is 418 g/mol. The van der Waals surface area contributed by atoms with Crippen molar-refractivity contribution >= 4 is 33.0 Å². The standard InChI is InChI=1S/C17H18BrN5O4/c1-21-9-20-15-14(21)16(25)23(17(26)22(15)2)8-13(24)19-7-10-6-11(18)4-5-12(10)27-3/h4-6,9H,7-8H2,1-3H3,(H,19,24). The molecule has 1 aromatic carbocycles. The zero-order chi connectivity index (χ0) is 19.7. The van der Waals surface area contributed by atoms with Crippen molar-refractivity contribution in [3.8, 4) is 5.75 Å². The minimum Gasteiger partial charge on any atom is -0.496 e. The molecule has 2 heterocycles. The number of benzene rings is 1. The first-order valence-corrected chi connectivity index (χ1v) is 8.82. The van der Waals surface area contributed by atoms with E-state index < -0.39 is 17.2 Å². The Bertz CT molecular complexity index is 1140. The topological polar surface area (TPSA) is 100 Å². The molecule has 0 bridgehead atoms. The summed E-state index contributed by atoms with van der Waals surface area (Å²) < 4.78 is 9.79. The van der Waals surface area contributed by atoms with Crippen LogP contribution in [-0.2, 0) is 32.0 Å². The maximum Gasteiger partial charge on any atom is 0.332 e. The Morgan fingerprint density at radius 2 is 2.04 bits per heavy atom. The van der Waals surface area contributed by atoms with Gasteiger partial charge in [-0.25, -0.2) is 14.3 Å². The summed E-state index contributed by atoms with van der Waals surface area (Å²) in [7, 11) is 4.71. The SMILES string of the molecule is COc1ccc(Br)cc1CNC(=O)Cn1c(=O)c2c(ncn2C)n(C)c1=O. The Hall–Kier alpha value is -2.88. The number of hydrogen-bond donors (Lipinski definition) is 1. The molecule has 0 aliphatic heterocycles. The average molecular weight is 436 g/mol. The van der Waals surface area contributed by atoms with Gasteiger partial charge in [0, 0.05) is 30.7 Å². The summed E-state index contributed by atoms with van der Waals surface area (Å²) in [5.74, 6) is 0.167. The first-order chi connectivity index (χ1) is 12.8. The summed E-state index contributed by atoms with van der Waals surface area (Å²) in [6, 6.07) is 5.44. The molecule has 0 aliphatic rings. The molecular formula is C17H18BrN5O4. The molecule has 27 heavy (non-hydrogen) atoms. The quantitative estimate of drug-likeness (QED) is 0.629. The molecule has 0 atom stereocenters. The van der Waals surface area contributed by atoms with Gasteiger partial charge in [-0.3, -0.25) is 14.2 Å². The molecule has 1 N–H and O–H groups in total. The molecule has 3 aromatic rings. The number of aromatic nitrogens is 4. The fourth-order valence-electron chi connectivity index (χ4n) is 2.81. The molecule has 0 spiro atoms. The van der Waals surface area contributed by atoms with Gasteiger partial charge in [-0.05, 0) is 18.2 Å². The van der Waals surface area contributed by atoms with Crippen LogP contribution >= 0.6 is 15.9 Å². The second kappa shape index (κ2) is 7.39. The highest BCUT2D eigenvalue weighted by atomic mass is 79.9. The third-order valence-electron chi connectivity index (χ3n) is 4.22. The molecule has 0 saturated carbocycles. The minimum absolute atomic E-state index is 0.199. The van der Waals surface area contributed by atoms with Crippen LogP contribution in [0.15, 0.2) is 38.6 Å². The highest BCUT2D eigenvalue weighted by Crippen LogP contribution is 2.22. The van der Waals surface area contributed by atoms with Crippen molar-refractivity contribution in [1.29, 1.82) is 0 Å². The van der Waals surface area contributed by atoms with E-state index in [1.165, 1.54) is 22.5 Å². The summed E-state index contributed by atoms with van der Waals surface area (Å²) in [6.07, 6.45) is 1.45. The fraction of sp³-hybridized carbons (Fsp3) is 0.294. The Morgan fingerprint density at radius 3 is 2.74 bits per heavy atom. The lowest BCUT2D eigenvalue weighted by atomic mass is 10.2. The largest absolute Gasteiger partial charge is 0.496 e. The van der Waals surface area contributed by atoms with Crippen molar-refractivity contribution in [2.45, 2.75) is 13.1 Å². The van der Waals surface area contributed by atoms with E-state index in [1.54, 1.807) is 20.2 Å². The third-order valence-corrected chi connectivity index (χ3v) is 4.71. The van der Waals surface area contributed by atoms with Gasteiger partial charge in [0.25, 0.3) is 5.56 Å². The monoisotopic (exact) mass is 435 g/mol. The summed E-state index contributed by atoms with van der Waals surface area (Å²) in [4.78, 5) is 41.5. The number of imidazole rings is 1. The lowest BCUT2D eigenvalue weighted by Crippen LogP contribution is -2.43. The van der Waals surface area contributed by atoms with Gasteiger partial charge in [-0.1, -0.05) is 15.9 Å². The predicted octanol–water partition coefficient (Wildman–Crippen LogP) is 0.521. The fourth-order valence-corrected chi connectivity index (χ4v) is 3.22. The zero-order valence-electron chi connectivity index (χ0n) is 15.0. The molecule has 1 amide bonds. The molecule has 3 rings (SSSR count). The number of halogens is 1. The molecule has 2 aromatic heterocycles. The van der Waals surface area contributed by atoms with Gasteiger partial charge in [0.05, 0.1) is 13.4 Å². The van der Waals surface area contributed by atoms with Crippen LogP contribution in [0.4, 0.5) is 0 Å². The number of carbonyl (C=O) groups is 1. The molecule has 0 saturated heterocycles. The smallest absolute Gasteiger partial charge is 0.332 e. The van der Waals surface area contributed by atoms with Crippen LogP contribution in [0.5, 0.6) is 5.75 Å². The number of hydrogen-bond acceptors (Lipinski definition) is 5. The lowest BCUT2D eigenvalue weighted by molar-refractivity contribution is -0.121. The number of nitrogens with zero attached hydrogens (tertiary/aromatic N) is 4. The second-order valence-electron chi connectivity index (χ2n) is 5.99. The molecule has 0 fully saturated rings. The maximum absolute atomic E-state index is 12.6. The normalized spacial score (nSPS) is 11.0. The number of rotatable bonds is 5. The van der Waals surface area contributed by atoms with Gasteiger partial charge in [-0.15, -0.1) is 0 Å². The van der Waals surface area contributed by atoms with E-state index in [9.17, 15) is 14.4 Å². The Labute approximate surface area is 162 Å². The zero-order valence-corrected chi connectivity index (χ0v) is 16.6. The molecule has 0 unspecified atom stereocenters. The van der Waals surface area contributed by atoms with Crippen molar-refractivity contribution in [1.82, 2.24) is 24.0 Å². The number of nitrogens with one attached hydrogen (secondary N) is 1. The van der Waals surface area contributed by atoms with Crippen LogP contribution in [0.3, 0.4) is 0 Å². The van der Waals surface area contributed by atoms with Crippen molar-refractivity contribution in [3.63, 3.8) is 0 Å². The lowest BCUT2D eigenvalue weighted by Gasteiger charge is -2.11. The number of aryl methyl sites for hydroxylation is 2. The number of ether oxygens (including phenoxy) is 1. The summed E-state index contributed by atoms with van der Waals surface area (Å²) in [5, 5.41) is 2.71. The van der Waals surface area contributed by atoms with Crippen molar-refractivity contribution < 1.29 is 9.53 Å². The molecule has 10 heteroatoms. The van der Waals surface area contributed by atoms with E-state index in [4.69, 9.17) is 4.74 Å². The number of methoxy groups -OCH3 is 1. The number of carbonyl (C=O) groups excluding carboxylic acids is 1. The van der Waals surface area contributed by atoms with Gasteiger partial charge in [-0.2, -0.15) is 0 Å². The van der Waals surface area contributed by atoms with Crippen LogP contribution in [0.1, 0.15) is 5.56 Å².